The lowest BCUT2D eigenvalue weighted by Crippen LogP contribution is -2.57. The van der Waals surface area contributed by atoms with Crippen LogP contribution in [-0.2, 0) is 9.53 Å². The number of hydrogen-bond donors (Lipinski definition) is 2. The predicted molar refractivity (Wildman–Crippen MR) is 36.2 cm³/mol. The fourth-order valence-electron chi connectivity index (χ4n) is 1.01. The highest BCUT2D eigenvalue weighted by Gasteiger charge is 2.33. The summed E-state index contributed by atoms with van der Waals surface area (Å²) >= 11 is 0. The average molecular weight is 144 g/mol. The van der Waals surface area contributed by atoms with Crippen molar-refractivity contribution < 1.29 is 9.53 Å². The van der Waals surface area contributed by atoms with Crippen molar-refractivity contribution in [2.75, 3.05) is 13.2 Å². The quantitative estimate of drug-likeness (QED) is 0.494. The summed E-state index contributed by atoms with van der Waals surface area (Å²) in [4.78, 5) is 10.7. The van der Waals surface area contributed by atoms with E-state index in [-0.39, 0.29) is 6.61 Å². The molecule has 0 aromatic carbocycles. The van der Waals surface area contributed by atoms with Crippen molar-refractivity contribution in [3.63, 3.8) is 0 Å². The fraction of sp³-hybridized carbons (Fsp3) is 0.833. The topological polar surface area (TPSA) is 78.3 Å². The summed E-state index contributed by atoms with van der Waals surface area (Å²) in [6.07, 6.45) is 1.46. The lowest BCUT2D eigenvalue weighted by atomic mass is 9.93. The van der Waals surface area contributed by atoms with Crippen molar-refractivity contribution >= 4 is 5.91 Å². The van der Waals surface area contributed by atoms with Crippen LogP contribution in [0, 0.1) is 0 Å². The van der Waals surface area contributed by atoms with Gasteiger partial charge >= 0.3 is 0 Å². The number of rotatable bonds is 1. The van der Waals surface area contributed by atoms with Crippen LogP contribution in [0.15, 0.2) is 0 Å². The third-order valence-electron chi connectivity index (χ3n) is 1.76. The lowest BCUT2D eigenvalue weighted by molar-refractivity contribution is -0.127. The predicted octanol–water partition coefficient (Wildman–Crippen LogP) is -1.02. The van der Waals surface area contributed by atoms with Crippen molar-refractivity contribution in [2.24, 2.45) is 11.5 Å². The number of amides is 1. The van der Waals surface area contributed by atoms with E-state index in [9.17, 15) is 4.79 Å². The Labute approximate surface area is 59.5 Å². The molecular weight excluding hydrogens is 132 g/mol. The van der Waals surface area contributed by atoms with Crippen LogP contribution in [0.4, 0.5) is 0 Å². The molecule has 0 radical (unpaired) electrons. The molecule has 1 heterocycles. The van der Waals surface area contributed by atoms with Gasteiger partial charge in [0, 0.05) is 6.61 Å². The summed E-state index contributed by atoms with van der Waals surface area (Å²) in [5.74, 6) is -0.466. The maximum absolute atomic E-state index is 10.7. The van der Waals surface area contributed by atoms with Gasteiger partial charge in [0.05, 0.1) is 6.61 Å². The Kier molecular flexibility index (Phi) is 1.92. The van der Waals surface area contributed by atoms with Gasteiger partial charge in [-0.2, -0.15) is 0 Å². The number of hydrogen-bond acceptors (Lipinski definition) is 3. The molecule has 1 amide bonds. The summed E-state index contributed by atoms with van der Waals surface area (Å²) in [6, 6.07) is 0. The van der Waals surface area contributed by atoms with E-state index < -0.39 is 11.4 Å². The first-order valence-electron chi connectivity index (χ1n) is 3.32. The summed E-state index contributed by atoms with van der Waals surface area (Å²) in [7, 11) is 0. The van der Waals surface area contributed by atoms with Crippen LogP contribution in [0.2, 0.25) is 0 Å². The zero-order chi connectivity index (χ0) is 7.61. The highest BCUT2D eigenvalue weighted by atomic mass is 16.5. The molecule has 4 nitrogen and oxygen atoms in total. The first-order valence-corrected chi connectivity index (χ1v) is 3.32. The molecule has 4 N–H and O–H groups in total. The van der Waals surface area contributed by atoms with Crippen molar-refractivity contribution in [3.05, 3.63) is 0 Å². The van der Waals surface area contributed by atoms with Gasteiger partial charge in [-0.1, -0.05) is 0 Å². The minimum absolute atomic E-state index is 0.266. The molecule has 0 spiro atoms. The van der Waals surface area contributed by atoms with E-state index in [4.69, 9.17) is 16.2 Å². The maximum atomic E-state index is 10.7. The molecule has 1 aliphatic rings. The molecule has 58 valence electrons. The van der Waals surface area contributed by atoms with E-state index in [0.717, 1.165) is 6.42 Å². The van der Waals surface area contributed by atoms with E-state index in [0.29, 0.717) is 13.0 Å². The molecule has 1 saturated heterocycles. The van der Waals surface area contributed by atoms with Gasteiger partial charge in [0.15, 0.2) is 0 Å². The molecule has 1 rings (SSSR count). The summed E-state index contributed by atoms with van der Waals surface area (Å²) in [5, 5.41) is 0. The van der Waals surface area contributed by atoms with Crippen molar-refractivity contribution in [2.45, 2.75) is 18.4 Å². The summed E-state index contributed by atoms with van der Waals surface area (Å²) in [5.41, 5.74) is 9.76. The second-order valence-electron chi connectivity index (χ2n) is 2.68. The fourth-order valence-corrected chi connectivity index (χ4v) is 1.01. The lowest BCUT2D eigenvalue weighted by Gasteiger charge is -2.29. The Morgan fingerprint density at radius 3 is 2.60 bits per heavy atom. The molecule has 10 heavy (non-hydrogen) atoms. The van der Waals surface area contributed by atoms with E-state index in [1.807, 2.05) is 0 Å². The van der Waals surface area contributed by atoms with E-state index >= 15 is 0 Å². The number of carbonyl (C=O) groups excluding carboxylic acids is 1. The first-order chi connectivity index (χ1) is 4.65. The van der Waals surface area contributed by atoms with Crippen molar-refractivity contribution in [1.29, 1.82) is 0 Å². The van der Waals surface area contributed by atoms with Crippen LogP contribution in [0.5, 0.6) is 0 Å². The van der Waals surface area contributed by atoms with Crippen molar-refractivity contribution in [1.82, 2.24) is 0 Å². The van der Waals surface area contributed by atoms with Gasteiger partial charge in [-0.3, -0.25) is 4.79 Å². The van der Waals surface area contributed by atoms with Crippen molar-refractivity contribution in [3.8, 4) is 0 Å². The van der Waals surface area contributed by atoms with Gasteiger partial charge in [-0.25, -0.2) is 0 Å². The number of primary amides is 1. The zero-order valence-corrected chi connectivity index (χ0v) is 5.80. The monoisotopic (exact) mass is 144 g/mol. The molecule has 0 aliphatic carbocycles. The van der Waals surface area contributed by atoms with Gasteiger partial charge in [0.25, 0.3) is 0 Å². The second kappa shape index (κ2) is 2.56. The Hall–Kier alpha value is -0.610. The third-order valence-corrected chi connectivity index (χ3v) is 1.76. The molecule has 0 aromatic rings. The highest BCUT2D eigenvalue weighted by Crippen LogP contribution is 2.14. The van der Waals surface area contributed by atoms with Crippen LogP contribution in [0.3, 0.4) is 0 Å². The highest BCUT2D eigenvalue weighted by molar-refractivity contribution is 5.84. The zero-order valence-electron chi connectivity index (χ0n) is 5.80. The SMILES string of the molecule is NC(=O)[C@@]1(N)CCCOC1. The van der Waals surface area contributed by atoms with Crippen LogP contribution in [0.1, 0.15) is 12.8 Å². The molecule has 1 aliphatic heterocycles. The molecule has 1 atom stereocenters. The standard InChI is InChI=1S/C6H12N2O2/c7-5(9)6(8)2-1-3-10-4-6/h1-4,8H2,(H2,7,9)/t6-/m1/s1. The van der Waals surface area contributed by atoms with Gasteiger partial charge in [-0.15, -0.1) is 0 Å². The Morgan fingerprint density at radius 2 is 2.30 bits per heavy atom. The van der Waals surface area contributed by atoms with Gasteiger partial charge in [0.1, 0.15) is 5.54 Å². The molecule has 0 aromatic heterocycles. The Bertz CT molecular complexity index is 141. The minimum atomic E-state index is -0.905. The van der Waals surface area contributed by atoms with Gasteiger partial charge in [0.2, 0.25) is 5.91 Å². The molecular formula is C6H12N2O2. The molecule has 0 unspecified atom stereocenters. The summed E-state index contributed by atoms with van der Waals surface area (Å²) in [6.45, 7) is 0.953. The van der Waals surface area contributed by atoms with Crippen LogP contribution < -0.4 is 11.5 Å². The van der Waals surface area contributed by atoms with Crippen LogP contribution in [0.25, 0.3) is 0 Å². The van der Waals surface area contributed by atoms with E-state index in [1.54, 1.807) is 0 Å². The molecule has 0 bridgehead atoms. The Balaban J connectivity index is 2.56. The Morgan fingerprint density at radius 1 is 1.60 bits per heavy atom. The minimum Gasteiger partial charge on any atom is -0.379 e. The number of carbonyl (C=O) groups is 1. The largest absolute Gasteiger partial charge is 0.379 e. The first kappa shape index (κ1) is 7.50. The van der Waals surface area contributed by atoms with Gasteiger partial charge in [-0.05, 0) is 12.8 Å². The van der Waals surface area contributed by atoms with E-state index in [1.165, 1.54) is 0 Å². The van der Waals surface area contributed by atoms with Crippen LogP contribution in [-0.4, -0.2) is 24.7 Å². The average Bonchev–Trinajstić information content (AvgIpc) is 1.89. The third kappa shape index (κ3) is 1.27. The smallest absolute Gasteiger partial charge is 0.239 e. The van der Waals surface area contributed by atoms with E-state index in [2.05, 4.69) is 0 Å². The molecule has 1 fully saturated rings. The van der Waals surface area contributed by atoms with Gasteiger partial charge < -0.3 is 16.2 Å². The summed E-state index contributed by atoms with van der Waals surface area (Å²) < 4.78 is 5.02. The number of nitrogens with two attached hydrogens (primary N) is 2. The maximum Gasteiger partial charge on any atom is 0.239 e. The molecule has 0 saturated carbocycles. The number of ether oxygens (including phenoxy) is 1. The second-order valence-corrected chi connectivity index (χ2v) is 2.68. The normalized spacial score (nSPS) is 33.7. The molecule has 4 heteroatoms. The van der Waals surface area contributed by atoms with Crippen LogP contribution >= 0.6 is 0 Å².